The molecule has 0 saturated heterocycles. The van der Waals surface area contributed by atoms with Crippen LogP contribution in [0.15, 0.2) is 41.8 Å². The van der Waals surface area contributed by atoms with Crippen LogP contribution >= 0.6 is 11.3 Å². The summed E-state index contributed by atoms with van der Waals surface area (Å²) < 4.78 is 0. The lowest BCUT2D eigenvalue weighted by Crippen LogP contribution is -2.32. The van der Waals surface area contributed by atoms with Crippen LogP contribution < -0.4 is 5.32 Å². The summed E-state index contributed by atoms with van der Waals surface area (Å²) in [7, 11) is 0. The molecule has 2 amide bonds. The maximum absolute atomic E-state index is 12.7. The summed E-state index contributed by atoms with van der Waals surface area (Å²) in [5.41, 5.74) is 1.79. The topological polar surface area (TPSA) is 49.4 Å². The van der Waals surface area contributed by atoms with Crippen molar-refractivity contribution < 1.29 is 9.59 Å². The van der Waals surface area contributed by atoms with Gasteiger partial charge in [0.2, 0.25) is 5.91 Å². The molecular formula is C22H26N2O2S. The molecule has 5 heteroatoms. The fourth-order valence-corrected chi connectivity index (χ4v) is 4.03. The maximum atomic E-state index is 12.7. The molecule has 4 rings (SSSR count). The number of rotatable bonds is 9. The number of benzene rings is 1. The Balaban J connectivity index is 1.30. The van der Waals surface area contributed by atoms with Crippen molar-refractivity contribution in [2.75, 3.05) is 0 Å². The van der Waals surface area contributed by atoms with Crippen LogP contribution in [0.2, 0.25) is 0 Å². The van der Waals surface area contributed by atoms with Crippen LogP contribution in [0.5, 0.6) is 0 Å². The number of thiophene rings is 1. The molecule has 0 radical (unpaired) electrons. The molecular weight excluding hydrogens is 356 g/mol. The normalized spacial score (nSPS) is 16.1. The number of hydrogen-bond donors (Lipinski definition) is 1. The zero-order valence-electron chi connectivity index (χ0n) is 15.5. The second-order valence-electron chi connectivity index (χ2n) is 7.63. The van der Waals surface area contributed by atoms with Gasteiger partial charge in [0, 0.05) is 35.5 Å². The van der Waals surface area contributed by atoms with Crippen molar-refractivity contribution in [3.8, 4) is 0 Å². The predicted molar refractivity (Wildman–Crippen MR) is 108 cm³/mol. The van der Waals surface area contributed by atoms with Crippen LogP contribution in [-0.2, 0) is 17.8 Å². The van der Waals surface area contributed by atoms with Crippen LogP contribution in [0.25, 0.3) is 0 Å². The van der Waals surface area contributed by atoms with Gasteiger partial charge in [0.1, 0.15) is 0 Å². The van der Waals surface area contributed by atoms with E-state index in [-0.39, 0.29) is 11.8 Å². The van der Waals surface area contributed by atoms with Crippen molar-refractivity contribution in [2.45, 2.75) is 63.6 Å². The highest BCUT2D eigenvalue weighted by molar-refractivity contribution is 7.09. The number of amides is 2. The Bertz CT molecular complexity index is 777. The van der Waals surface area contributed by atoms with Crippen molar-refractivity contribution in [1.29, 1.82) is 0 Å². The second-order valence-corrected chi connectivity index (χ2v) is 8.66. The van der Waals surface area contributed by atoms with Gasteiger partial charge in [0.05, 0.1) is 0 Å². The van der Waals surface area contributed by atoms with Crippen molar-refractivity contribution in [1.82, 2.24) is 10.2 Å². The number of nitrogens with one attached hydrogen (secondary N) is 1. The summed E-state index contributed by atoms with van der Waals surface area (Å²) in [5.74, 6) is 0.261. The Morgan fingerprint density at radius 1 is 1.07 bits per heavy atom. The molecule has 2 aromatic rings. The highest BCUT2D eigenvalue weighted by atomic mass is 32.1. The van der Waals surface area contributed by atoms with Crippen LogP contribution in [0, 0.1) is 0 Å². The van der Waals surface area contributed by atoms with Gasteiger partial charge in [0.15, 0.2) is 0 Å². The summed E-state index contributed by atoms with van der Waals surface area (Å²) in [6.07, 6.45) is 6.90. The molecule has 1 aromatic heterocycles. The number of nitrogens with zero attached hydrogens (tertiary/aromatic N) is 1. The zero-order chi connectivity index (χ0) is 18.6. The highest BCUT2D eigenvalue weighted by Crippen LogP contribution is 2.29. The third kappa shape index (κ3) is 5.19. The van der Waals surface area contributed by atoms with E-state index in [9.17, 15) is 9.59 Å². The van der Waals surface area contributed by atoms with E-state index in [0.717, 1.165) is 44.1 Å². The lowest BCUT2D eigenvalue weighted by Gasteiger charge is -2.23. The average molecular weight is 383 g/mol. The highest BCUT2D eigenvalue weighted by Gasteiger charge is 2.32. The van der Waals surface area contributed by atoms with Crippen LogP contribution in [-0.4, -0.2) is 28.8 Å². The van der Waals surface area contributed by atoms with Gasteiger partial charge in [-0.25, -0.2) is 0 Å². The van der Waals surface area contributed by atoms with Crippen molar-refractivity contribution >= 4 is 23.2 Å². The smallest absolute Gasteiger partial charge is 0.251 e. The van der Waals surface area contributed by atoms with E-state index in [1.165, 1.54) is 4.88 Å². The molecule has 2 fully saturated rings. The van der Waals surface area contributed by atoms with Crippen molar-refractivity contribution in [2.24, 2.45) is 0 Å². The van der Waals surface area contributed by atoms with E-state index in [2.05, 4.69) is 22.8 Å². The number of hydrogen-bond acceptors (Lipinski definition) is 3. The van der Waals surface area contributed by atoms with Crippen molar-refractivity contribution in [3.05, 3.63) is 57.8 Å². The van der Waals surface area contributed by atoms with Gasteiger partial charge in [0.25, 0.3) is 5.91 Å². The summed E-state index contributed by atoms with van der Waals surface area (Å²) in [4.78, 5) is 28.2. The zero-order valence-corrected chi connectivity index (χ0v) is 16.3. The van der Waals surface area contributed by atoms with E-state index in [4.69, 9.17) is 0 Å². The summed E-state index contributed by atoms with van der Waals surface area (Å²) in [6.45, 7) is 0.646. The Morgan fingerprint density at radius 3 is 2.48 bits per heavy atom. The average Bonchev–Trinajstić information content (AvgIpc) is 3.61. The minimum Gasteiger partial charge on any atom is -0.349 e. The molecule has 2 aliphatic rings. The second kappa shape index (κ2) is 8.26. The summed E-state index contributed by atoms with van der Waals surface area (Å²) >= 11 is 1.76. The molecule has 4 nitrogen and oxygen atoms in total. The van der Waals surface area contributed by atoms with E-state index < -0.39 is 0 Å². The first kappa shape index (κ1) is 18.2. The van der Waals surface area contributed by atoms with Gasteiger partial charge in [-0.15, -0.1) is 11.3 Å². The lowest BCUT2D eigenvalue weighted by molar-refractivity contribution is -0.132. The third-order valence-corrected chi connectivity index (χ3v) is 6.12. The standard InChI is InChI=1S/C22H26N2O2S/c25-21(5-1-3-20-4-2-14-27-20)24(19-12-13-19)15-16-6-8-17(9-7-16)22(26)23-18-10-11-18/h2,4,6-9,14,18-19H,1,3,5,10-13,15H2,(H,23,26). The predicted octanol–water partition coefficient (Wildman–Crippen LogP) is 4.15. The first-order valence-electron chi connectivity index (χ1n) is 9.91. The minimum atomic E-state index is 0.00718. The van der Waals surface area contributed by atoms with Crippen molar-refractivity contribution in [3.63, 3.8) is 0 Å². The molecule has 0 spiro atoms. The molecule has 0 aliphatic heterocycles. The van der Waals surface area contributed by atoms with Crippen LogP contribution in [0.3, 0.4) is 0 Å². The molecule has 2 saturated carbocycles. The Kier molecular flexibility index (Phi) is 5.58. The van der Waals surface area contributed by atoms with Gasteiger partial charge >= 0.3 is 0 Å². The van der Waals surface area contributed by atoms with Gasteiger partial charge in [-0.1, -0.05) is 18.2 Å². The van der Waals surface area contributed by atoms with Crippen LogP contribution in [0.1, 0.15) is 59.3 Å². The number of aryl methyl sites for hydroxylation is 1. The number of carbonyl (C=O) groups is 2. The lowest BCUT2D eigenvalue weighted by atomic mass is 10.1. The van der Waals surface area contributed by atoms with Gasteiger partial charge in [-0.05, 0) is 67.7 Å². The quantitative estimate of drug-likeness (QED) is 0.708. The number of carbonyl (C=O) groups excluding carboxylic acids is 2. The Labute approximate surface area is 164 Å². The molecule has 0 bridgehead atoms. The fourth-order valence-electron chi connectivity index (χ4n) is 3.27. The first-order valence-corrected chi connectivity index (χ1v) is 10.8. The molecule has 1 aromatic carbocycles. The molecule has 1 heterocycles. The Morgan fingerprint density at radius 2 is 1.85 bits per heavy atom. The monoisotopic (exact) mass is 382 g/mol. The summed E-state index contributed by atoms with van der Waals surface area (Å²) in [6, 6.07) is 12.7. The molecule has 0 unspecified atom stereocenters. The third-order valence-electron chi connectivity index (χ3n) is 5.18. The van der Waals surface area contributed by atoms with E-state index in [1.54, 1.807) is 11.3 Å². The molecule has 27 heavy (non-hydrogen) atoms. The largest absolute Gasteiger partial charge is 0.349 e. The first-order chi connectivity index (χ1) is 13.2. The van der Waals surface area contributed by atoms with Gasteiger partial charge in [-0.3, -0.25) is 9.59 Å². The fraction of sp³-hybridized carbons (Fsp3) is 0.455. The molecule has 1 N–H and O–H groups in total. The molecule has 142 valence electrons. The minimum absolute atomic E-state index is 0.00718. The molecule has 0 atom stereocenters. The SMILES string of the molecule is O=C(NC1CC1)c1ccc(CN(C(=O)CCCc2cccs2)C2CC2)cc1. The van der Waals surface area contributed by atoms with E-state index >= 15 is 0 Å². The maximum Gasteiger partial charge on any atom is 0.251 e. The van der Waals surface area contributed by atoms with Crippen LogP contribution in [0.4, 0.5) is 0 Å². The van der Waals surface area contributed by atoms with E-state index in [0.29, 0.717) is 30.6 Å². The van der Waals surface area contributed by atoms with E-state index in [1.807, 2.05) is 29.2 Å². The molecule has 2 aliphatic carbocycles. The van der Waals surface area contributed by atoms with Gasteiger partial charge in [-0.2, -0.15) is 0 Å². The Hall–Kier alpha value is -2.14. The van der Waals surface area contributed by atoms with Gasteiger partial charge < -0.3 is 10.2 Å². The summed E-state index contributed by atoms with van der Waals surface area (Å²) in [5, 5.41) is 5.09.